The molecule has 0 unspecified atom stereocenters. The quantitative estimate of drug-likeness (QED) is 0.746. The molecular formula is C14H13N3. The van der Waals surface area contributed by atoms with Crippen LogP contribution in [0.1, 0.15) is 22.3 Å². The van der Waals surface area contributed by atoms with E-state index in [0.29, 0.717) is 11.4 Å². The van der Waals surface area contributed by atoms with Gasteiger partial charge in [-0.3, -0.25) is 0 Å². The Kier molecular flexibility index (Phi) is 2.88. The lowest BCUT2D eigenvalue weighted by Crippen LogP contribution is -1.95. The topological polar surface area (TPSA) is 49.6 Å². The molecule has 3 heteroatoms. The molecule has 0 aliphatic rings. The van der Waals surface area contributed by atoms with Crippen LogP contribution in [0.15, 0.2) is 24.5 Å². The van der Waals surface area contributed by atoms with Crippen LogP contribution in [0.25, 0.3) is 11.4 Å². The predicted octanol–water partition coefficient (Wildman–Crippen LogP) is 2.94. The Hall–Kier alpha value is -2.21. The molecule has 0 N–H and O–H groups in total. The van der Waals surface area contributed by atoms with Gasteiger partial charge in [0.1, 0.15) is 6.07 Å². The Morgan fingerprint density at radius 1 is 1.00 bits per heavy atom. The highest BCUT2D eigenvalue weighted by molar-refractivity contribution is 5.65. The fourth-order valence-electron chi connectivity index (χ4n) is 2.05. The monoisotopic (exact) mass is 223 g/mol. The average molecular weight is 223 g/mol. The van der Waals surface area contributed by atoms with Crippen LogP contribution in [-0.2, 0) is 0 Å². The molecule has 1 aromatic heterocycles. The Morgan fingerprint density at radius 3 is 2.00 bits per heavy atom. The number of hydrogen-bond donors (Lipinski definition) is 0. The number of benzene rings is 1. The Balaban J connectivity index is 2.57. The molecular weight excluding hydrogens is 210 g/mol. The summed E-state index contributed by atoms with van der Waals surface area (Å²) in [6.45, 7) is 6.18. The second-order valence-electron chi connectivity index (χ2n) is 4.18. The second kappa shape index (κ2) is 4.34. The third-order valence-electron chi connectivity index (χ3n) is 2.68. The molecule has 3 nitrogen and oxygen atoms in total. The lowest BCUT2D eigenvalue weighted by Gasteiger charge is -2.09. The molecule has 2 aromatic rings. The molecule has 0 amide bonds. The van der Waals surface area contributed by atoms with Crippen LogP contribution in [0.3, 0.4) is 0 Å². The van der Waals surface area contributed by atoms with E-state index >= 15 is 0 Å². The van der Waals surface area contributed by atoms with Gasteiger partial charge in [-0.2, -0.15) is 5.26 Å². The van der Waals surface area contributed by atoms with Crippen molar-refractivity contribution < 1.29 is 0 Å². The SMILES string of the molecule is Cc1cc(C)c(-c2ncc(C#N)cn2)c(C)c1. The van der Waals surface area contributed by atoms with Gasteiger partial charge < -0.3 is 0 Å². The molecule has 0 radical (unpaired) electrons. The lowest BCUT2D eigenvalue weighted by atomic mass is 9.99. The van der Waals surface area contributed by atoms with Gasteiger partial charge in [0.05, 0.1) is 5.56 Å². The van der Waals surface area contributed by atoms with Gasteiger partial charge in [-0.15, -0.1) is 0 Å². The minimum Gasteiger partial charge on any atom is -0.235 e. The van der Waals surface area contributed by atoms with Crippen LogP contribution in [0.5, 0.6) is 0 Å². The first kappa shape index (κ1) is 11.3. The molecule has 0 atom stereocenters. The molecule has 0 saturated heterocycles. The van der Waals surface area contributed by atoms with Crippen LogP contribution in [0.2, 0.25) is 0 Å². The van der Waals surface area contributed by atoms with Crippen LogP contribution in [0.4, 0.5) is 0 Å². The first-order chi connectivity index (χ1) is 8.11. The largest absolute Gasteiger partial charge is 0.235 e. The Morgan fingerprint density at radius 2 is 1.53 bits per heavy atom. The van der Waals surface area contributed by atoms with Crippen molar-refractivity contribution >= 4 is 0 Å². The predicted molar refractivity (Wildman–Crippen MR) is 66.4 cm³/mol. The first-order valence-corrected chi connectivity index (χ1v) is 5.42. The molecule has 0 aliphatic heterocycles. The molecule has 0 spiro atoms. The molecule has 0 fully saturated rings. The Labute approximate surface area is 101 Å². The highest BCUT2D eigenvalue weighted by atomic mass is 14.9. The summed E-state index contributed by atoms with van der Waals surface area (Å²) in [5.41, 5.74) is 5.09. The average Bonchev–Trinajstić information content (AvgIpc) is 2.28. The van der Waals surface area contributed by atoms with Gasteiger partial charge in [0.25, 0.3) is 0 Å². The first-order valence-electron chi connectivity index (χ1n) is 5.42. The third-order valence-corrected chi connectivity index (χ3v) is 2.68. The van der Waals surface area contributed by atoms with E-state index in [1.807, 2.05) is 6.07 Å². The maximum atomic E-state index is 8.71. The van der Waals surface area contributed by atoms with Crippen molar-refractivity contribution in [3.63, 3.8) is 0 Å². The van der Waals surface area contributed by atoms with Gasteiger partial charge in [-0.1, -0.05) is 17.7 Å². The van der Waals surface area contributed by atoms with E-state index < -0.39 is 0 Å². The summed E-state index contributed by atoms with van der Waals surface area (Å²) in [6, 6.07) is 6.25. The van der Waals surface area contributed by atoms with Crippen LogP contribution < -0.4 is 0 Å². The minimum atomic E-state index is 0.483. The number of aromatic nitrogens is 2. The van der Waals surface area contributed by atoms with E-state index in [1.165, 1.54) is 5.56 Å². The number of aryl methyl sites for hydroxylation is 3. The van der Waals surface area contributed by atoms with Crippen molar-refractivity contribution in [2.24, 2.45) is 0 Å². The third kappa shape index (κ3) is 2.16. The summed E-state index contributed by atoms with van der Waals surface area (Å²) in [4.78, 5) is 8.47. The van der Waals surface area contributed by atoms with Crippen molar-refractivity contribution in [2.75, 3.05) is 0 Å². The fourth-order valence-corrected chi connectivity index (χ4v) is 2.05. The van der Waals surface area contributed by atoms with Crippen molar-refractivity contribution in [2.45, 2.75) is 20.8 Å². The van der Waals surface area contributed by atoms with Gasteiger partial charge in [0, 0.05) is 18.0 Å². The zero-order chi connectivity index (χ0) is 12.4. The van der Waals surface area contributed by atoms with Gasteiger partial charge >= 0.3 is 0 Å². The van der Waals surface area contributed by atoms with E-state index in [0.717, 1.165) is 16.7 Å². The summed E-state index contributed by atoms with van der Waals surface area (Å²) < 4.78 is 0. The number of nitriles is 1. The number of rotatable bonds is 1. The van der Waals surface area contributed by atoms with Crippen molar-refractivity contribution in [1.82, 2.24) is 9.97 Å². The molecule has 17 heavy (non-hydrogen) atoms. The zero-order valence-corrected chi connectivity index (χ0v) is 10.2. The fraction of sp³-hybridized carbons (Fsp3) is 0.214. The maximum absolute atomic E-state index is 8.71. The molecule has 84 valence electrons. The van der Waals surface area contributed by atoms with Gasteiger partial charge in [0.15, 0.2) is 5.82 Å². The summed E-state index contributed by atoms with van der Waals surface area (Å²) in [5.74, 6) is 0.680. The van der Waals surface area contributed by atoms with E-state index in [9.17, 15) is 0 Å². The molecule has 0 saturated carbocycles. The number of hydrogen-bond acceptors (Lipinski definition) is 3. The van der Waals surface area contributed by atoms with Crippen molar-refractivity contribution in [3.05, 3.63) is 46.8 Å². The summed E-state index contributed by atoms with van der Waals surface area (Å²) in [5, 5.41) is 8.71. The maximum Gasteiger partial charge on any atom is 0.159 e. The Bertz CT molecular complexity index is 569. The second-order valence-corrected chi connectivity index (χ2v) is 4.18. The van der Waals surface area contributed by atoms with E-state index in [-0.39, 0.29) is 0 Å². The molecule has 0 aliphatic carbocycles. The molecule has 1 aromatic carbocycles. The summed E-state index contributed by atoms with van der Waals surface area (Å²) >= 11 is 0. The van der Waals surface area contributed by atoms with Gasteiger partial charge in [-0.25, -0.2) is 9.97 Å². The normalized spacial score (nSPS) is 10.0. The van der Waals surface area contributed by atoms with Crippen LogP contribution >= 0.6 is 0 Å². The molecule has 0 bridgehead atoms. The molecule has 2 rings (SSSR count). The minimum absolute atomic E-state index is 0.483. The highest BCUT2D eigenvalue weighted by Gasteiger charge is 2.09. The number of nitrogens with zero attached hydrogens (tertiary/aromatic N) is 3. The van der Waals surface area contributed by atoms with Gasteiger partial charge in [-0.05, 0) is 31.9 Å². The zero-order valence-electron chi connectivity index (χ0n) is 10.2. The lowest BCUT2D eigenvalue weighted by molar-refractivity contribution is 1.14. The van der Waals surface area contributed by atoms with Crippen LogP contribution in [0, 0.1) is 32.1 Å². The smallest absolute Gasteiger partial charge is 0.159 e. The van der Waals surface area contributed by atoms with E-state index in [1.54, 1.807) is 12.4 Å². The standard InChI is InChI=1S/C14H13N3/c1-9-4-10(2)13(11(3)5-9)14-16-7-12(6-15)8-17-14/h4-5,7-8H,1-3H3. The van der Waals surface area contributed by atoms with Crippen molar-refractivity contribution in [1.29, 1.82) is 5.26 Å². The van der Waals surface area contributed by atoms with Crippen molar-refractivity contribution in [3.8, 4) is 17.5 Å². The van der Waals surface area contributed by atoms with Crippen LogP contribution in [-0.4, -0.2) is 9.97 Å². The van der Waals surface area contributed by atoms with E-state index in [4.69, 9.17) is 5.26 Å². The molecule has 1 heterocycles. The van der Waals surface area contributed by atoms with Gasteiger partial charge in [0.2, 0.25) is 0 Å². The van der Waals surface area contributed by atoms with E-state index in [2.05, 4.69) is 42.9 Å². The summed E-state index contributed by atoms with van der Waals surface area (Å²) in [6.07, 6.45) is 3.11. The highest BCUT2D eigenvalue weighted by Crippen LogP contribution is 2.25. The summed E-state index contributed by atoms with van der Waals surface area (Å²) in [7, 11) is 0.